The summed E-state index contributed by atoms with van der Waals surface area (Å²) >= 11 is 0. The molecule has 1 fully saturated rings. The molecule has 5 nitrogen and oxygen atoms in total. The highest BCUT2D eigenvalue weighted by Gasteiger charge is 2.18. The van der Waals surface area contributed by atoms with Crippen molar-refractivity contribution in [3.8, 4) is 0 Å². The Labute approximate surface area is 114 Å². The average molecular weight is 265 g/mol. The number of anilines is 1. The Hall–Kier alpha value is -1.49. The van der Waals surface area contributed by atoms with E-state index < -0.39 is 0 Å². The van der Waals surface area contributed by atoms with Gasteiger partial charge in [-0.25, -0.2) is 0 Å². The molecule has 19 heavy (non-hydrogen) atoms. The number of nitrogens with two attached hydrogens (primary N) is 1. The monoisotopic (exact) mass is 265 g/mol. The van der Waals surface area contributed by atoms with Gasteiger partial charge >= 0.3 is 0 Å². The highest BCUT2D eigenvalue weighted by molar-refractivity contribution is 5.93. The van der Waals surface area contributed by atoms with Crippen molar-refractivity contribution in [1.82, 2.24) is 9.88 Å². The minimum atomic E-state index is -0.0837. The van der Waals surface area contributed by atoms with E-state index in [1.165, 1.54) is 6.42 Å². The first-order valence-corrected chi connectivity index (χ1v) is 6.95. The van der Waals surface area contributed by atoms with E-state index in [0.29, 0.717) is 17.9 Å². The van der Waals surface area contributed by atoms with Crippen LogP contribution >= 0.6 is 0 Å². The zero-order valence-electron chi connectivity index (χ0n) is 11.7. The van der Waals surface area contributed by atoms with Crippen LogP contribution in [-0.4, -0.2) is 29.7 Å². The van der Waals surface area contributed by atoms with Crippen LogP contribution in [0.3, 0.4) is 0 Å². The summed E-state index contributed by atoms with van der Waals surface area (Å²) in [7, 11) is 0. The fourth-order valence-corrected chi connectivity index (χ4v) is 2.38. The third-order valence-electron chi connectivity index (χ3n) is 3.42. The van der Waals surface area contributed by atoms with Crippen LogP contribution in [0.2, 0.25) is 0 Å². The Morgan fingerprint density at radius 2 is 2.37 bits per heavy atom. The van der Waals surface area contributed by atoms with Crippen LogP contribution in [-0.2, 0) is 4.74 Å². The fraction of sp³-hybridized carbons (Fsp3) is 0.643. The molecule has 106 valence electrons. The van der Waals surface area contributed by atoms with Gasteiger partial charge < -0.3 is 20.4 Å². The van der Waals surface area contributed by atoms with E-state index in [0.717, 1.165) is 19.4 Å². The highest BCUT2D eigenvalue weighted by Crippen LogP contribution is 2.17. The van der Waals surface area contributed by atoms with Crippen LogP contribution in [0.5, 0.6) is 0 Å². The lowest BCUT2D eigenvalue weighted by Gasteiger charge is -2.23. The average Bonchev–Trinajstić information content (AvgIpc) is 2.79. The largest absolute Gasteiger partial charge is 0.397 e. The lowest BCUT2D eigenvalue weighted by molar-refractivity contribution is 0.0168. The van der Waals surface area contributed by atoms with Gasteiger partial charge in [-0.15, -0.1) is 0 Å². The van der Waals surface area contributed by atoms with Gasteiger partial charge in [-0.1, -0.05) is 0 Å². The Kier molecular flexibility index (Phi) is 4.47. The van der Waals surface area contributed by atoms with Gasteiger partial charge in [0.15, 0.2) is 0 Å². The SMILES string of the molecule is CC(C)n1cc(N)cc1C(=O)NCC1CCCCO1. The minimum Gasteiger partial charge on any atom is -0.397 e. The standard InChI is InChI=1S/C14H23N3O2/c1-10(2)17-9-11(15)7-13(17)14(18)16-8-12-5-3-4-6-19-12/h7,9-10,12H,3-6,8,15H2,1-2H3,(H,16,18). The van der Waals surface area contributed by atoms with E-state index in [1.807, 2.05) is 18.4 Å². The van der Waals surface area contributed by atoms with Gasteiger partial charge in [0.05, 0.1) is 11.8 Å². The van der Waals surface area contributed by atoms with E-state index >= 15 is 0 Å². The lowest BCUT2D eigenvalue weighted by Crippen LogP contribution is -2.36. The first-order chi connectivity index (χ1) is 9.08. The van der Waals surface area contributed by atoms with Crippen molar-refractivity contribution in [2.75, 3.05) is 18.9 Å². The lowest BCUT2D eigenvalue weighted by atomic mass is 10.1. The molecule has 3 N–H and O–H groups in total. The van der Waals surface area contributed by atoms with Gasteiger partial charge in [-0.2, -0.15) is 0 Å². The number of amides is 1. The van der Waals surface area contributed by atoms with Crippen LogP contribution in [0.4, 0.5) is 5.69 Å². The molecule has 1 aromatic heterocycles. The van der Waals surface area contributed by atoms with Gasteiger partial charge in [0.2, 0.25) is 0 Å². The second-order valence-electron chi connectivity index (χ2n) is 5.36. The van der Waals surface area contributed by atoms with Gasteiger partial charge in [-0.3, -0.25) is 4.79 Å². The normalized spacial score (nSPS) is 19.6. The topological polar surface area (TPSA) is 69.3 Å². The molecule has 0 aliphatic carbocycles. The molecule has 0 aromatic carbocycles. The molecule has 1 aromatic rings. The molecular formula is C14H23N3O2. The maximum atomic E-state index is 12.2. The molecule has 1 aliphatic heterocycles. The van der Waals surface area contributed by atoms with Crippen LogP contribution in [0, 0.1) is 0 Å². The number of nitrogens with zero attached hydrogens (tertiary/aromatic N) is 1. The quantitative estimate of drug-likeness (QED) is 0.874. The first kappa shape index (κ1) is 13.9. The van der Waals surface area contributed by atoms with Gasteiger partial charge in [0, 0.05) is 25.4 Å². The molecule has 0 saturated carbocycles. The van der Waals surface area contributed by atoms with Crippen LogP contribution in [0.1, 0.15) is 49.6 Å². The molecule has 2 heterocycles. The van der Waals surface area contributed by atoms with Gasteiger partial charge in [-0.05, 0) is 39.2 Å². The Bertz CT molecular complexity index is 434. The predicted molar refractivity (Wildman–Crippen MR) is 75.2 cm³/mol. The van der Waals surface area contributed by atoms with Crippen molar-refractivity contribution in [2.24, 2.45) is 0 Å². The number of hydrogen-bond donors (Lipinski definition) is 2. The molecule has 5 heteroatoms. The minimum absolute atomic E-state index is 0.0837. The summed E-state index contributed by atoms with van der Waals surface area (Å²) in [6, 6.07) is 1.93. The molecule has 1 unspecified atom stereocenters. The maximum Gasteiger partial charge on any atom is 0.268 e. The fourth-order valence-electron chi connectivity index (χ4n) is 2.38. The van der Waals surface area contributed by atoms with E-state index in [4.69, 9.17) is 10.5 Å². The van der Waals surface area contributed by atoms with Crippen LogP contribution in [0.15, 0.2) is 12.3 Å². The van der Waals surface area contributed by atoms with Crippen LogP contribution in [0.25, 0.3) is 0 Å². The zero-order chi connectivity index (χ0) is 13.8. The highest BCUT2D eigenvalue weighted by atomic mass is 16.5. The number of carbonyl (C=O) groups excluding carboxylic acids is 1. The van der Waals surface area contributed by atoms with Crippen molar-refractivity contribution in [2.45, 2.75) is 45.3 Å². The second-order valence-corrected chi connectivity index (χ2v) is 5.36. The Morgan fingerprint density at radius 3 is 3.00 bits per heavy atom. The van der Waals surface area contributed by atoms with Gasteiger partial charge in [0.25, 0.3) is 5.91 Å². The van der Waals surface area contributed by atoms with Crippen molar-refractivity contribution in [3.63, 3.8) is 0 Å². The smallest absolute Gasteiger partial charge is 0.268 e. The van der Waals surface area contributed by atoms with Crippen LogP contribution < -0.4 is 11.1 Å². The van der Waals surface area contributed by atoms with Crippen molar-refractivity contribution >= 4 is 11.6 Å². The molecule has 1 atom stereocenters. The van der Waals surface area contributed by atoms with E-state index in [9.17, 15) is 4.79 Å². The molecule has 1 aliphatic rings. The molecular weight excluding hydrogens is 242 g/mol. The number of aromatic nitrogens is 1. The second kappa shape index (κ2) is 6.10. The Balaban J connectivity index is 1.95. The summed E-state index contributed by atoms with van der Waals surface area (Å²) in [6.45, 7) is 5.43. The molecule has 0 radical (unpaired) electrons. The van der Waals surface area contributed by atoms with E-state index in [1.54, 1.807) is 12.3 Å². The summed E-state index contributed by atoms with van der Waals surface area (Å²) in [6.07, 6.45) is 5.27. The third-order valence-corrected chi connectivity index (χ3v) is 3.42. The predicted octanol–water partition coefficient (Wildman–Crippen LogP) is 1.95. The molecule has 0 spiro atoms. The van der Waals surface area contributed by atoms with Crippen molar-refractivity contribution in [3.05, 3.63) is 18.0 Å². The molecule has 0 bridgehead atoms. The van der Waals surface area contributed by atoms with E-state index in [-0.39, 0.29) is 18.1 Å². The zero-order valence-corrected chi connectivity index (χ0v) is 11.7. The van der Waals surface area contributed by atoms with E-state index in [2.05, 4.69) is 5.32 Å². The number of rotatable bonds is 4. The summed E-state index contributed by atoms with van der Waals surface area (Å²) in [5, 5.41) is 2.94. The summed E-state index contributed by atoms with van der Waals surface area (Å²) in [5.41, 5.74) is 7.00. The molecule has 1 saturated heterocycles. The number of nitrogens with one attached hydrogen (secondary N) is 1. The molecule has 1 amide bonds. The number of nitrogen functional groups attached to an aromatic ring is 1. The maximum absolute atomic E-state index is 12.2. The Morgan fingerprint density at radius 1 is 1.58 bits per heavy atom. The van der Waals surface area contributed by atoms with Gasteiger partial charge in [0.1, 0.15) is 5.69 Å². The third kappa shape index (κ3) is 3.50. The number of hydrogen-bond acceptors (Lipinski definition) is 3. The summed E-state index contributed by atoms with van der Waals surface area (Å²) < 4.78 is 7.50. The first-order valence-electron chi connectivity index (χ1n) is 6.95. The number of ether oxygens (including phenoxy) is 1. The number of carbonyl (C=O) groups is 1. The summed E-state index contributed by atoms with van der Waals surface area (Å²) in [5.74, 6) is -0.0837. The molecule has 2 rings (SSSR count). The van der Waals surface area contributed by atoms with Crippen molar-refractivity contribution < 1.29 is 9.53 Å². The summed E-state index contributed by atoms with van der Waals surface area (Å²) in [4.78, 5) is 12.2. The van der Waals surface area contributed by atoms with Crippen molar-refractivity contribution in [1.29, 1.82) is 0 Å².